The minimum absolute atomic E-state index is 0.0148. The molecule has 0 spiro atoms. The van der Waals surface area contributed by atoms with Gasteiger partial charge < -0.3 is 40.0 Å². The largest absolute Gasteiger partial charge is 0.461 e. The number of anilines is 1. The Kier molecular flexibility index (Phi) is 16.2. The van der Waals surface area contributed by atoms with Crippen molar-refractivity contribution < 1.29 is 24.2 Å². The fourth-order valence-corrected chi connectivity index (χ4v) is 14.6. The molecule has 5 saturated heterocycles. The lowest BCUT2D eigenvalue weighted by atomic mass is 9.89. The van der Waals surface area contributed by atoms with Gasteiger partial charge in [0.05, 0.1) is 41.9 Å². The maximum Gasteiger partial charge on any atom is 0.318 e. The summed E-state index contributed by atoms with van der Waals surface area (Å²) in [7, 11) is 1.00. The molecule has 5 aliphatic heterocycles. The number of carbonyl (C=O) groups is 2. The van der Waals surface area contributed by atoms with E-state index in [1.165, 1.54) is 18.4 Å². The molecule has 8 aromatic rings. The van der Waals surface area contributed by atoms with Gasteiger partial charge in [-0.15, -0.1) is 0 Å². The number of aliphatic hydroxyl groups is 1. The lowest BCUT2D eigenvalue weighted by Crippen LogP contribution is -2.48. The number of fused-ring (bicyclic) bond motifs is 7. The number of aromatic nitrogens is 9. The monoisotopic (exact) mass is 1180 g/mol. The van der Waals surface area contributed by atoms with E-state index in [-0.39, 0.29) is 53.6 Å². The Hall–Kier alpha value is -8.04. The number of allylic oxidation sites excluding steroid dienone is 2. The van der Waals surface area contributed by atoms with Crippen molar-refractivity contribution in [1.29, 1.82) is 0 Å². The van der Waals surface area contributed by atoms with Crippen molar-refractivity contribution in [3.8, 4) is 17.3 Å². The van der Waals surface area contributed by atoms with Gasteiger partial charge in [0.25, 0.3) is 5.56 Å². The van der Waals surface area contributed by atoms with E-state index in [9.17, 15) is 14.4 Å². The summed E-state index contributed by atoms with van der Waals surface area (Å²) in [5, 5.41) is 33.1. The van der Waals surface area contributed by atoms with E-state index in [0.717, 1.165) is 144 Å². The molecule has 3 aromatic carbocycles. The van der Waals surface area contributed by atoms with Crippen molar-refractivity contribution in [1.82, 2.24) is 65.1 Å². The Balaban J connectivity index is 0.00000347. The van der Waals surface area contributed by atoms with Crippen LogP contribution >= 0.6 is 0 Å². The maximum absolute atomic E-state index is 14.7. The second kappa shape index (κ2) is 24.3. The first-order valence-corrected chi connectivity index (χ1v) is 31.3. The summed E-state index contributed by atoms with van der Waals surface area (Å²) in [4.78, 5) is 63.1. The molecule has 454 valence electrons. The topological polar surface area (TPSA) is 230 Å². The molecule has 5 aromatic heterocycles. The zero-order valence-electron chi connectivity index (χ0n) is 50.6. The number of aliphatic hydroxyl groups excluding tert-OH is 1. The molecule has 1 saturated carbocycles. The number of hydrogen-bond donors (Lipinski definition) is 5. The second-order valence-corrected chi connectivity index (χ2v) is 25.0. The summed E-state index contributed by atoms with van der Waals surface area (Å²) >= 11 is 0. The van der Waals surface area contributed by atoms with E-state index in [0.29, 0.717) is 61.4 Å². The molecular formula is C67H80N14O6. The van der Waals surface area contributed by atoms with Crippen LogP contribution in [0, 0.1) is 18.8 Å². The van der Waals surface area contributed by atoms with Gasteiger partial charge in [-0.25, -0.2) is 0 Å². The number of benzene rings is 3. The van der Waals surface area contributed by atoms with Crippen LogP contribution in [0.25, 0.3) is 55.6 Å². The van der Waals surface area contributed by atoms with Crippen LogP contribution in [-0.2, 0) is 40.6 Å². The lowest BCUT2D eigenvalue weighted by Gasteiger charge is -2.32. The Morgan fingerprint density at radius 2 is 1.74 bits per heavy atom. The number of aromatic amines is 2. The number of ether oxygens (including phenoxy) is 2. The van der Waals surface area contributed by atoms with Gasteiger partial charge >= 0.3 is 6.01 Å². The van der Waals surface area contributed by atoms with Crippen LogP contribution in [-0.4, -0.2) is 142 Å². The maximum atomic E-state index is 14.7. The van der Waals surface area contributed by atoms with E-state index >= 15 is 0 Å². The highest BCUT2D eigenvalue weighted by atomic mass is 16.5. The third kappa shape index (κ3) is 11.1. The van der Waals surface area contributed by atoms with Crippen molar-refractivity contribution in [2.24, 2.45) is 11.8 Å². The van der Waals surface area contributed by atoms with E-state index in [2.05, 4.69) is 72.8 Å². The number of likely N-dealkylation sites (tertiary alicyclic amines) is 1. The van der Waals surface area contributed by atoms with Gasteiger partial charge in [-0.05, 0) is 160 Å². The molecule has 4 unspecified atom stereocenters. The molecule has 87 heavy (non-hydrogen) atoms. The van der Waals surface area contributed by atoms with E-state index in [4.69, 9.17) is 36.2 Å². The number of amides is 2. The summed E-state index contributed by atoms with van der Waals surface area (Å²) in [6.07, 6.45) is 16.9. The number of piperazine rings is 1. The number of hydrogen-bond acceptors (Lipinski definition) is 14. The number of nitrogens with one attached hydrogen (secondary N) is 4. The molecule has 2 bridgehead atoms. The number of H-pyrrole nitrogens is 2. The smallest absolute Gasteiger partial charge is 0.318 e. The van der Waals surface area contributed by atoms with Crippen molar-refractivity contribution in [2.45, 2.75) is 141 Å². The minimum Gasteiger partial charge on any atom is -0.461 e. The van der Waals surface area contributed by atoms with Crippen molar-refractivity contribution in [2.75, 3.05) is 51.3 Å². The second-order valence-electron chi connectivity index (χ2n) is 25.0. The fourth-order valence-electron chi connectivity index (χ4n) is 14.6. The van der Waals surface area contributed by atoms with Crippen LogP contribution in [0.3, 0.4) is 0 Å². The van der Waals surface area contributed by atoms with Gasteiger partial charge in [0.2, 0.25) is 11.8 Å². The normalized spacial score (nSPS) is 20.3. The average Bonchev–Trinajstić information content (AvgIpc) is 1.95. The van der Waals surface area contributed by atoms with Gasteiger partial charge in [0.15, 0.2) is 5.52 Å². The van der Waals surface area contributed by atoms with Gasteiger partial charge in [-0.2, -0.15) is 25.3 Å². The lowest BCUT2D eigenvalue weighted by molar-refractivity contribution is -0.142. The van der Waals surface area contributed by atoms with Crippen LogP contribution in [0.2, 0.25) is 0 Å². The molecular weight excluding hydrogens is 1100 g/mol. The van der Waals surface area contributed by atoms with E-state index < -0.39 is 12.1 Å². The van der Waals surface area contributed by atoms with Crippen LogP contribution in [0.1, 0.15) is 118 Å². The summed E-state index contributed by atoms with van der Waals surface area (Å²) in [5.74, 6) is 0.640. The predicted octanol–water partition coefficient (Wildman–Crippen LogP) is 8.63. The van der Waals surface area contributed by atoms with E-state index in [1.54, 1.807) is 15.8 Å². The standard InChI is InChI=1S/C66H76N14O5.CH4O/c1-6-79-56(21-24-70-79)45-15-12-42(13-16-45)31-68-62(81)57-10-7-27-77(57)64(83)60(39(2)3)80-35-52-48-19-14-43(28-54(48)71-63(82)59(52)75-80)36-84-37-55-50(30-49(44-17-18-44)41(5)58-40(4)11-20-53-51(58)33-69-74-53)61(78-34-46-29-47(78)32-67-46)73-65(72-55)85-38-66-22-8-25-76(66)26-9-23-66;1-2/h11-16,19-21,24,28,30,33,35,39,44,46-47,57,60,67H,5-10,17-18,22-23,25-27,29,31-32,34,36-38H2,1-4H3,(H,68,81)(H,69,74)(H,71,82);2H,1H3/b49-30+;. The third-order valence-corrected chi connectivity index (χ3v) is 19.2. The first-order valence-electron chi connectivity index (χ1n) is 31.3. The zero-order valence-corrected chi connectivity index (χ0v) is 50.6. The molecule has 6 aliphatic rings. The zero-order chi connectivity index (χ0) is 60.1. The highest BCUT2D eigenvalue weighted by molar-refractivity contribution is 6.04. The summed E-state index contributed by atoms with van der Waals surface area (Å²) in [6.45, 7) is 19.4. The Morgan fingerprint density at radius 3 is 2.48 bits per heavy atom. The fraction of sp³-hybridized carbons (Fsp3) is 0.463. The van der Waals surface area contributed by atoms with E-state index in [1.807, 2.05) is 79.5 Å². The Labute approximate surface area is 506 Å². The van der Waals surface area contributed by atoms with Crippen LogP contribution in [0.15, 0.2) is 96.2 Å². The summed E-state index contributed by atoms with van der Waals surface area (Å²) in [5.41, 5.74) is 11.5. The van der Waals surface area contributed by atoms with Crippen molar-refractivity contribution in [3.63, 3.8) is 0 Å². The summed E-state index contributed by atoms with van der Waals surface area (Å²) < 4.78 is 17.1. The molecule has 1 aliphatic carbocycles. The van der Waals surface area contributed by atoms with Crippen LogP contribution in [0.5, 0.6) is 6.01 Å². The highest BCUT2D eigenvalue weighted by Crippen LogP contribution is 2.47. The molecule has 6 fully saturated rings. The minimum atomic E-state index is -0.745. The molecule has 0 radical (unpaired) electrons. The Morgan fingerprint density at radius 1 is 0.931 bits per heavy atom. The van der Waals surface area contributed by atoms with Crippen LogP contribution < -0.4 is 25.8 Å². The van der Waals surface area contributed by atoms with Gasteiger partial charge in [-0.3, -0.25) is 33.7 Å². The average molecular weight is 1180 g/mol. The SMILES string of the molecule is C=C(/C(=C\c1c(COCc2ccc3c(c2)[nH]c(=O)c2nn(C(C(=O)N4CCCC4C(=O)NCc4ccc(-c5ccnn5CC)cc4)C(C)C)cc23)nc(OCC23CCCN2CCC3)nc1N1CC2CC1CN2)C1CC1)c1c(C)ccc2[nH]ncc12.CO. The van der Waals surface area contributed by atoms with Gasteiger partial charge in [0, 0.05) is 91.5 Å². The number of nitrogens with zero attached hydrogens (tertiary/aromatic N) is 10. The first-order chi connectivity index (χ1) is 42.4. The van der Waals surface area contributed by atoms with Crippen molar-refractivity contribution >= 4 is 62.0 Å². The molecule has 20 heteroatoms. The summed E-state index contributed by atoms with van der Waals surface area (Å²) in [6, 6.07) is 20.0. The predicted molar refractivity (Wildman–Crippen MR) is 337 cm³/mol. The molecule has 5 N–H and O–H groups in total. The number of pyridine rings is 1. The molecule has 20 nitrogen and oxygen atoms in total. The molecule has 14 rings (SSSR count). The number of rotatable bonds is 20. The number of carbonyl (C=O) groups excluding carboxylic acids is 2. The van der Waals surface area contributed by atoms with Gasteiger partial charge in [-0.1, -0.05) is 62.9 Å². The van der Waals surface area contributed by atoms with Crippen molar-refractivity contribution in [3.05, 3.63) is 135 Å². The number of aryl methyl sites for hydroxylation is 2. The third-order valence-electron chi connectivity index (χ3n) is 19.2. The molecule has 2 amide bonds. The Bertz CT molecular complexity index is 3980. The first kappa shape index (κ1) is 58.0. The molecule has 4 atom stereocenters. The quantitative estimate of drug-likeness (QED) is 0.0450. The molecule has 10 heterocycles. The highest BCUT2D eigenvalue weighted by Gasteiger charge is 2.46. The van der Waals surface area contributed by atoms with Gasteiger partial charge in [0.1, 0.15) is 24.5 Å². The van der Waals surface area contributed by atoms with Crippen LogP contribution in [0.4, 0.5) is 5.82 Å².